The zero-order chi connectivity index (χ0) is 12.8. The van der Waals surface area contributed by atoms with Crippen LogP contribution in [-0.4, -0.2) is 24.9 Å². The molecule has 98 valence electrons. The van der Waals surface area contributed by atoms with Crippen LogP contribution in [0.5, 0.6) is 0 Å². The van der Waals surface area contributed by atoms with E-state index in [1.165, 1.54) is 23.1 Å². The molecule has 2 aliphatic rings. The van der Waals surface area contributed by atoms with Gasteiger partial charge in [0, 0.05) is 12.0 Å². The Morgan fingerprint density at radius 2 is 1.94 bits per heavy atom. The summed E-state index contributed by atoms with van der Waals surface area (Å²) in [5.41, 5.74) is 4.19. The molecular weight excluding hydrogens is 224 g/mol. The van der Waals surface area contributed by atoms with Crippen LogP contribution in [0.25, 0.3) is 0 Å². The fourth-order valence-corrected chi connectivity index (χ4v) is 3.80. The summed E-state index contributed by atoms with van der Waals surface area (Å²) in [5.74, 6) is 0. The molecule has 0 radical (unpaired) electrons. The Kier molecular flexibility index (Phi) is 2.76. The average molecular weight is 246 g/mol. The van der Waals surface area contributed by atoms with Crippen molar-refractivity contribution >= 4 is 0 Å². The monoisotopic (exact) mass is 246 g/mol. The Labute approximate surface area is 109 Å². The fourth-order valence-electron chi connectivity index (χ4n) is 3.80. The normalized spacial score (nSPS) is 24.2. The molecular formula is C16H22O2. The second-order valence-corrected chi connectivity index (χ2v) is 6.19. The van der Waals surface area contributed by atoms with Crippen molar-refractivity contribution in [3.05, 3.63) is 34.9 Å². The number of hydrogen-bond acceptors (Lipinski definition) is 2. The van der Waals surface area contributed by atoms with E-state index in [1.807, 2.05) is 0 Å². The molecule has 1 aromatic carbocycles. The summed E-state index contributed by atoms with van der Waals surface area (Å²) in [6.07, 6.45) is 3.52. The highest BCUT2D eigenvalue weighted by molar-refractivity contribution is 5.41. The molecule has 1 heterocycles. The summed E-state index contributed by atoms with van der Waals surface area (Å²) < 4.78 is 5.55. The molecule has 0 aromatic heterocycles. The van der Waals surface area contributed by atoms with Gasteiger partial charge in [-0.2, -0.15) is 0 Å². The van der Waals surface area contributed by atoms with Gasteiger partial charge in [0.1, 0.15) is 0 Å². The van der Waals surface area contributed by atoms with E-state index < -0.39 is 0 Å². The van der Waals surface area contributed by atoms with Crippen LogP contribution in [0.1, 0.15) is 36.0 Å². The van der Waals surface area contributed by atoms with E-state index in [0.717, 1.165) is 26.1 Å². The molecule has 1 saturated carbocycles. The molecule has 2 heteroatoms. The minimum Gasteiger partial charge on any atom is -0.396 e. The third kappa shape index (κ3) is 1.42. The molecule has 3 rings (SSSR count). The smallest absolute Gasteiger partial charge is 0.0592 e. The molecule has 1 aliphatic heterocycles. The van der Waals surface area contributed by atoms with Crippen LogP contribution >= 0.6 is 0 Å². The number of aliphatic hydroxyl groups is 1. The van der Waals surface area contributed by atoms with Crippen LogP contribution in [0.2, 0.25) is 0 Å². The molecule has 0 spiro atoms. The predicted octanol–water partition coefficient (Wildman–Crippen LogP) is 2.73. The standard InChI is InChI=1S/C16H22O2/c1-12-4-5-14(13(2)8-12)16(10-18-11-16)15(9-17)6-3-7-15/h4-5,8,17H,3,6-7,9-11H2,1-2H3. The van der Waals surface area contributed by atoms with Gasteiger partial charge in [0.15, 0.2) is 0 Å². The van der Waals surface area contributed by atoms with Crippen molar-refractivity contribution in [2.45, 2.75) is 38.5 Å². The van der Waals surface area contributed by atoms with Gasteiger partial charge in [0.05, 0.1) is 18.6 Å². The lowest BCUT2D eigenvalue weighted by Crippen LogP contribution is -2.63. The molecule has 0 atom stereocenters. The van der Waals surface area contributed by atoms with Crippen LogP contribution < -0.4 is 0 Å². The number of hydrogen-bond donors (Lipinski definition) is 1. The van der Waals surface area contributed by atoms with Crippen molar-refractivity contribution in [2.24, 2.45) is 5.41 Å². The minimum absolute atomic E-state index is 0.0672. The topological polar surface area (TPSA) is 29.5 Å². The lowest BCUT2D eigenvalue weighted by atomic mass is 9.49. The predicted molar refractivity (Wildman–Crippen MR) is 71.8 cm³/mol. The first-order valence-corrected chi connectivity index (χ1v) is 6.90. The zero-order valence-corrected chi connectivity index (χ0v) is 11.3. The average Bonchev–Trinajstić information content (AvgIpc) is 2.22. The number of rotatable bonds is 3. The highest BCUT2D eigenvalue weighted by atomic mass is 16.5. The van der Waals surface area contributed by atoms with Gasteiger partial charge in [-0.25, -0.2) is 0 Å². The van der Waals surface area contributed by atoms with E-state index in [0.29, 0.717) is 6.61 Å². The SMILES string of the molecule is Cc1ccc(C2(C3(CO)CCC3)COC2)c(C)c1. The second kappa shape index (κ2) is 4.07. The maximum absolute atomic E-state index is 9.89. The van der Waals surface area contributed by atoms with E-state index >= 15 is 0 Å². The van der Waals surface area contributed by atoms with Gasteiger partial charge in [-0.3, -0.25) is 0 Å². The van der Waals surface area contributed by atoms with Crippen LogP contribution in [0.15, 0.2) is 18.2 Å². The highest BCUT2D eigenvalue weighted by Crippen LogP contribution is 2.58. The minimum atomic E-state index is 0.0672. The summed E-state index contributed by atoms with van der Waals surface area (Å²) in [5, 5.41) is 9.89. The van der Waals surface area contributed by atoms with Gasteiger partial charge >= 0.3 is 0 Å². The summed E-state index contributed by atoms with van der Waals surface area (Å²) in [4.78, 5) is 0. The number of ether oxygens (including phenoxy) is 1. The number of aliphatic hydroxyl groups excluding tert-OH is 1. The van der Waals surface area contributed by atoms with Crippen molar-refractivity contribution in [3.8, 4) is 0 Å². The first-order valence-electron chi connectivity index (χ1n) is 6.90. The molecule has 18 heavy (non-hydrogen) atoms. The summed E-state index contributed by atoms with van der Waals surface area (Å²) in [6, 6.07) is 6.69. The molecule has 2 nitrogen and oxygen atoms in total. The Bertz CT molecular complexity index is 451. The van der Waals surface area contributed by atoms with Gasteiger partial charge in [0.25, 0.3) is 0 Å². The Balaban J connectivity index is 2.06. The van der Waals surface area contributed by atoms with Crippen LogP contribution in [0.3, 0.4) is 0 Å². The third-order valence-corrected chi connectivity index (χ3v) is 5.22. The molecule has 1 aliphatic carbocycles. The van der Waals surface area contributed by atoms with Crippen LogP contribution in [0.4, 0.5) is 0 Å². The summed E-state index contributed by atoms with van der Waals surface area (Å²) >= 11 is 0. The van der Waals surface area contributed by atoms with E-state index in [1.54, 1.807) is 0 Å². The molecule has 0 bridgehead atoms. The van der Waals surface area contributed by atoms with E-state index in [4.69, 9.17) is 4.74 Å². The number of aryl methyl sites for hydroxylation is 2. The molecule has 1 aromatic rings. The molecule has 1 N–H and O–H groups in total. The lowest BCUT2D eigenvalue weighted by molar-refractivity contribution is -0.173. The van der Waals surface area contributed by atoms with Crippen molar-refractivity contribution < 1.29 is 9.84 Å². The molecule has 0 amide bonds. The van der Waals surface area contributed by atoms with Crippen molar-refractivity contribution in [3.63, 3.8) is 0 Å². The quantitative estimate of drug-likeness (QED) is 0.888. The Morgan fingerprint density at radius 1 is 1.22 bits per heavy atom. The Morgan fingerprint density at radius 3 is 2.33 bits per heavy atom. The van der Waals surface area contributed by atoms with Crippen molar-refractivity contribution in [2.75, 3.05) is 19.8 Å². The van der Waals surface area contributed by atoms with Gasteiger partial charge in [-0.15, -0.1) is 0 Å². The van der Waals surface area contributed by atoms with E-state index in [9.17, 15) is 5.11 Å². The Hall–Kier alpha value is -0.860. The zero-order valence-electron chi connectivity index (χ0n) is 11.3. The van der Waals surface area contributed by atoms with Crippen molar-refractivity contribution in [1.29, 1.82) is 0 Å². The number of benzene rings is 1. The summed E-state index contributed by atoms with van der Waals surface area (Å²) in [7, 11) is 0. The maximum atomic E-state index is 9.89. The largest absolute Gasteiger partial charge is 0.396 e. The van der Waals surface area contributed by atoms with Crippen LogP contribution in [0, 0.1) is 19.3 Å². The van der Waals surface area contributed by atoms with Crippen LogP contribution in [-0.2, 0) is 10.2 Å². The maximum Gasteiger partial charge on any atom is 0.0592 e. The van der Waals surface area contributed by atoms with Gasteiger partial charge in [-0.05, 0) is 37.8 Å². The van der Waals surface area contributed by atoms with Crippen molar-refractivity contribution in [1.82, 2.24) is 0 Å². The third-order valence-electron chi connectivity index (χ3n) is 5.22. The fraction of sp³-hybridized carbons (Fsp3) is 0.625. The summed E-state index contributed by atoms with van der Waals surface area (Å²) in [6.45, 7) is 6.16. The second-order valence-electron chi connectivity index (χ2n) is 6.19. The lowest BCUT2D eigenvalue weighted by Gasteiger charge is -2.60. The van der Waals surface area contributed by atoms with E-state index in [2.05, 4.69) is 32.0 Å². The first kappa shape index (κ1) is 12.2. The first-order chi connectivity index (χ1) is 8.63. The molecule has 0 unspecified atom stereocenters. The molecule has 1 saturated heterocycles. The van der Waals surface area contributed by atoms with Gasteiger partial charge in [-0.1, -0.05) is 30.2 Å². The van der Waals surface area contributed by atoms with E-state index in [-0.39, 0.29) is 10.8 Å². The highest BCUT2D eigenvalue weighted by Gasteiger charge is 2.59. The van der Waals surface area contributed by atoms with Gasteiger partial charge < -0.3 is 9.84 Å². The van der Waals surface area contributed by atoms with Gasteiger partial charge in [0.2, 0.25) is 0 Å². The molecule has 2 fully saturated rings.